The molecule has 0 heterocycles. The molecule has 23 heavy (non-hydrogen) atoms. The van der Waals surface area contributed by atoms with Crippen LogP contribution in [0.3, 0.4) is 0 Å². The van der Waals surface area contributed by atoms with Gasteiger partial charge in [-0.1, -0.05) is 58.3 Å². The molecule has 8 heteroatoms. The van der Waals surface area contributed by atoms with Gasteiger partial charge in [0.05, 0.1) is 6.61 Å². The highest BCUT2D eigenvalue weighted by Gasteiger charge is 2.32. The molecule has 0 rings (SSSR count). The molecule has 0 aliphatic carbocycles. The summed E-state index contributed by atoms with van der Waals surface area (Å²) in [5, 5.41) is 19.3. The van der Waals surface area contributed by atoms with Gasteiger partial charge in [-0.25, -0.2) is 0 Å². The maximum absolute atomic E-state index is 11.7. The smallest absolute Gasteiger partial charge is 0.360 e. The molecule has 0 atom stereocenters. The monoisotopic (exact) mass is 390 g/mol. The fourth-order valence-corrected chi connectivity index (χ4v) is 2.95. The van der Waals surface area contributed by atoms with E-state index in [-0.39, 0.29) is 13.0 Å². The number of rotatable bonds is 15. The van der Waals surface area contributed by atoms with Crippen LogP contribution in [-0.4, -0.2) is 28.4 Å². The van der Waals surface area contributed by atoms with Gasteiger partial charge in [0.2, 0.25) is 5.79 Å². The third-order valence-corrected chi connectivity index (χ3v) is 4.71. The van der Waals surface area contributed by atoms with Crippen molar-refractivity contribution in [3.63, 3.8) is 0 Å². The molecule has 0 radical (unpaired) electrons. The molecule has 0 fully saturated rings. The lowest BCUT2D eigenvalue weighted by Gasteiger charge is -2.20. The number of hydrogen-bond acceptors (Lipinski definition) is 5. The van der Waals surface area contributed by atoms with Crippen LogP contribution in [0.2, 0.25) is 0 Å². The molecule has 138 valence electrons. The molecule has 0 aliphatic rings. The minimum Gasteiger partial charge on any atom is -0.360 e. The van der Waals surface area contributed by atoms with Gasteiger partial charge in [-0.2, -0.15) is 0 Å². The van der Waals surface area contributed by atoms with E-state index in [0.717, 1.165) is 19.3 Å². The number of Topliss-reactive ketones (excluding diaryl/α,β-unsaturated/α-hetero) is 1. The van der Waals surface area contributed by atoms with Crippen molar-refractivity contribution < 1.29 is 24.1 Å². The zero-order chi connectivity index (χ0) is 17.8. The Bertz CT molecular complexity index is 371. The van der Waals surface area contributed by atoms with Gasteiger partial charge in [-0.3, -0.25) is 9.36 Å². The molecule has 0 amide bonds. The molecule has 5 nitrogen and oxygen atoms in total. The van der Waals surface area contributed by atoms with Gasteiger partial charge < -0.3 is 14.7 Å². The SMILES string of the molecule is CCCCCCCCCCCC(=O)C(O)(O)CCOP(=O)(Cl)Cl. The Morgan fingerprint density at radius 2 is 1.48 bits per heavy atom. The Morgan fingerprint density at radius 1 is 1.00 bits per heavy atom. The zero-order valence-corrected chi connectivity index (χ0v) is 16.2. The third kappa shape index (κ3) is 14.4. The summed E-state index contributed by atoms with van der Waals surface area (Å²) in [5.41, 5.74) is 0. The average molecular weight is 391 g/mol. The first-order chi connectivity index (χ1) is 10.7. The van der Waals surface area contributed by atoms with E-state index < -0.39 is 24.1 Å². The van der Waals surface area contributed by atoms with Crippen LogP contribution in [0.25, 0.3) is 0 Å². The molecule has 0 spiro atoms. The molecule has 0 aromatic carbocycles. The third-order valence-electron chi connectivity index (χ3n) is 3.65. The first-order valence-electron chi connectivity index (χ1n) is 8.31. The summed E-state index contributed by atoms with van der Waals surface area (Å²) in [7, 11) is 0. The Hall–Kier alpha value is 0.360. The van der Waals surface area contributed by atoms with E-state index in [2.05, 4.69) is 11.4 Å². The normalized spacial score (nSPS) is 12.6. The van der Waals surface area contributed by atoms with Gasteiger partial charge in [0.1, 0.15) is 0 Å². The molecule has 0 aliphatic heterocycles. The second-order valence-electron chi connectivity index (χ2n) is 5.82. The van der Waals surface area contributed by atoms with E-state index in [9.17, 15) is 19.6 Å². The molecular formula is C15H29Cl2O5P. The summed E-state index contributed by atoms with van der Waals surface area (Å²) < 4.78 is 15.4. The van der Waals surface area contributed by atoms with Crippen LogP contribution in [0.15, 0.2) is 0 Å². The maximum atomic E-state index is 11.7. The Balaban J connectivity index is 3.69. The van der Waals surface area contributed by atoms with Gasteiger partial charge in [-0.15, -0.1) is 0 Å². The Labute approximate surface area is 148 Å². The molecule has 0 saturated heterocycles. The lowest BCUT2D eigenvalue weighted by atomic mass is 10.0. The van der Waals surface area contributed by atoms with Crippen LogP contribution in [-0.2, 0) is 13.9 Å². The summed E-state index contributed by atoms with van der Waals surface area (Å²) in [6.07, 6.45) is 5.98. The summed E-state index contributed by atoms with van der Waals surface area (Å²) >= 11 is 10.3. The fraction of sp³-hybridized carbons (Fsp3) is 0.933. The largest absolute Gasteiger partial charge is 0.380 e. The Morgan fingerprint density at radius 3 is 1.96 bits per heavy atom. The summed E-state index contributed by atoms with van der Waals surface area (Å²) in [6, 6.07) is 0. The van der Waals surface area contributed by atoms with Crippen LogP contribution < -0.4 is 0 Å². The lowest BCUT2D eigenvalue weighted by molar-refractivity contribution is -0.186. The molecule has 0 bridgehead atoms. The van der Waals surface area contributed by atoms with Crippen molar-refractivity contribution in [3.05, 3.63) is 0 Å². The number of hydrogen-bond donors (Lipinski definition) is 2. The number of aliphatic hydroxyl groups is 2. The van der Waals surface area contributed by atoms with Crippen LogP contribution in [0.4, 0.5) is 0 Å². The minimum atomic E-state index is -3.72. The zero-order valence-electron chi connectivity index (χ0n) is 13.8. The molecule has 0 unspecified atom stereocenters. The van der Waals surface area contributed by atoms with Gasteiger partial charge in [-0.05, 0) is 28.9 Å². The standard InChI is InChI=1S/C15H29Cl2O5P/c1-2-3-4-5-6-7-8-9-10-11-14(18)15(19,20)12-13-22-23(16,17)21/h19-20H,2-13H2,1H3. The van der Waals surface area contributed by atoms with Crippen molar-refractivity contribution in [1.29, 1.82) is 0 Å². The summed E-state index contributed by atoms with van der Waals surface area (Å²) in [4.78, 5) is 11.7. The quantitative estimate of drug-likeness (QED) is 0.229. The van der Waals surface area contributed by atoms with Gasteiger partial charge in [0, 0.05) is 12.8 Å². The highest BCUT2D eigenvalue weighted by molar-refractivity contribution is 8.05. The number of unbranched alkanes of at least 4 members (excludes halogenated alkanes) is 8. The number of carbonyl (C=O) groups is 1. The highest BCUT2D eigenvalue weighted by Crippen LogP contribution is 2.57. The van der Waals surface area contributed by atoms with Crippen LogP contribution in [0.1, 0.15) is 77.6 Å². The fourth-order valence-electron chi connectivity index (χ4n) is 2.23. The van der Waals surface area contributed by atoms with E-state index in [0.29, 0.717) is 6.42 Å². The van der Waals surface area contributed by atoms with Crippen LogP contribution in [0.5, 0.6) is 0 Å². The first kappa shape index (κ1) is 23.4. The average Bonchev–Trinajstić information content (AvgIpc) is 2.43. The van der Waals surface area contributed by atoms with Crippen molar-refractivity contribution in [2.45, 2.75) is 83.3 Å². The number of ketones is 1. The maximum Gasteiger partial charge on any atom is 0.380 e. The van der Waals surface area contributed by atoms with Crippen molar-refractivity contribution in [2.24, 2.45) is 0 Å². The predicted molar refractivity (Wildman–Crippen MR) is 93.9 cm³/mol. The first-order valence-corrected chi connectivity index (χ1v) is 11.7. The van der Waals surface area contributed by atoms with Gasteiger partial charge in [0.15, 0.2) is 5.78 Å². The van der Waals surface area contributed by atoms with E-state index in [1.165, 1.54) is 32.1 Å². The van der Waals surface area contributed by atoms with Crippen LogP contribution >= 0.6 is 28.6 Å². The minimum absolute atomic E-state index is 0.0994. The van der Waals surface area contributed by atoms with Gasteiger partial charge >= 0.3 is 6.07 Å². The molecule has 0 saturated carbocycles. The Kier molecular flexibility index (Phi) is 12.9. The highest BCUT2D eigenvalue weighted by atomic mass is 35.9. The van der Waals surface area contributed by atoms with Crippen LogP contribution in [0, 0.1) is 0 Å². The number of halogens is 2. The van der Waals surface area contributed by atoms with E-state index in [4.69, 9.17) is 22.5 Å². The molecule has 0 aromatic heterocycles. The molecule has 2 N–H and O–H groups in total. The van der Waals surface area contributed by atoms with E-state index in [1.807, 2.05) is 0 Å². The van der Waals surface area contributed by atoms with E-state index >= 15 is 0 Å². The lowest BCUT2D eigenvalue weighted by Crippen LogP contribution is -2.39. The summed E-state index contributed by atoms with van der Waals surface area (Å²) in [6.45, 7) is 1.83. The molecular weight excluding hydrogens is 362 g/mol. The molecule has 0 aromatic rings. The van der Waals surface area contributed by atoms with Crippen molar-refractivity contribution in [2.75, 3.05) is 6.61 Å². The van der Waals surface area contributed by atoms with Crippen molar-refractivity contribution >= 4 is 34.3 Å². The second-order valence-corrected chi connectivity index (χ2v) is 10.1. The van der Waals surface area contributed by atoms with E-state index in [1.54, 1.807) is 0 Å². The van der Waals surface area contributed by atoms with Crippen molar-refractivity contribution in [1.82, 2.24) is 0 Å². The van der Waals surface area contributed by atoms with Crippen molar-refractivity contribution in [3.8, 4) is 0 Å². The second kappa shape index (κ2) is 12.7. The summed E-state index contributed by atoms with van der Waals surface area (Å²) in [5.74, 6) is -3.15. The topological polar surface area (TPSA) is 83.8 Å². The number of carbonyl (C=O) groups excluding carboxylic acids is 1. The predicted octanol–water partition coefficient (Wildman–Crippen LogP) is 5.15. The van der Waals surface area contributed by atoms with Gasteiger partial charge in [0.25, 0.3) is 0 Å².